The van der Waals surface area contributed by atoms with Gasteiger partial charge in [0.05, 0.1) is 16.8 Å². The van der Waals surface area contributed by atoms with Gasteiger partial charge in [-0.15, -0.1) is 0 Å². The van der Waals surface area contributed by atoms with E-state index in [0.29, 0.717) is 16.9 Å². The Morgan fingerprint density at radius 2 is 1.80 bits per heavy atom. The average molecular weight is 342 g/mol. The third-order valence-electron chi connectivity index (χ3n) is 3.74. The molecule has 3 aromatic rings. The molecule has 0 aliphatic carbocycles. The lowest BCUT2D eigenvalue weighted by atomic mass is 10.1. The predicted octanol–water partition coefficient (Wildman–Crippen LogP) is 4.71. The molecule has 128 valence electrons. The second-order valence-electron chi connectivity index (χ2n) is 5.67. The van der Waals surface area contributed by atoms with Crippen molar-refractivity contribution in [3.63, 3.8) is 0 Å². The summed E-state index contributed by atoms with van der Waals surface area (Å²) in [6.45, 7) is 0.866. The van der Waals surface area contributed by atoms with Gasteiger partial charge in [-0.2, -0.15) is 8.78 Å². The van der Waals surface area contributed by atoms with Crippen LogP contribution in [0.1, 0.15) is 21.6 Å². The first-order valence-electron chi connectivity index (χ1n) is 7.66. The smallest absolute Gasteiger partial charge is 0.387 e. The molecule has 0 saturated carbocycles. The number of amides is 1. The van der Waals surface area contributed by atoms with E-state index in [1.165, 1.54) is 24.3 Å². The highest BCUT2D eigenvalue weighted by Crippen LogP contribution is 2.21. The van der Waals surface area contributed by atoms with Crippen molar-refractivity contribution in [3.05, 3.63) is 65.4 Å². The van der Waals surface area contributed by atoms with E-state index < -0.39 is 6.61 Å². The third-order valence-corrected chi connectivity index (χ3v) is 3.74. The molecule has 0 aliphatic rings. The summed E-state index contributed by atoms with van der Waals surface area (Å²) in [5.74, 6) is -0.275. The maximum atomic E-state index is 12.5. The molecular formula is C19H16F2N2O2. The van der Waals surface area contributed by atoms with Gasteiger partial charge in [-0.05, 0) is 56.3 Å². The van der Waals surface area contributed by atoms with Crippen molar-refractivity contribution in [1.82, 2.24) is 4.98 Å². The number of anilines is 1. The summed E-state index contributed by atoms with van der Waals surface area (Å²) in [4.78, 5) is 17.0. The number of carbonyl (C=O) groups excluding carboxylic acids is 1. The first-order valence-corrected chi connectivity index (χ1v) is 7.66. The number of nitrogens with zero attached hydrogens (tertiary/aromatic N) is 1. The Labute approximate surface area is 143 Å². The van der Waals surface area contributed by atoms with Crippen LogP contribution in [0.15, 0.2) is 48.5 Å². The van der Waals surface area contributed by atoms with E-state index >= 15 is 0 Å². The quantitative estimate of drug-likeness (QED) is 0.747. The van der Waals surface area contributed by atoms with Crippen LogP contribution >= 0.6 is 0 Å². The van der Waals surface area contributed by atoms with Crippen LogP contribution in [-0.2, 0) is 0 Å². The number of hydrogen-bond acceptors (Lipinski definition) is 3. The zero-order valence-corrected chi connectivity index (χ0v) is 13.7. The number of alkyl halides is 2. The van der Waals surface area contributed by atoms with Gasteiger partial charge in [-0.3, -0.25) is 9.78 Å². The number of aromatic nitrogens is 1. The van der Waals surface area contributed by atoms with Crippen molar-refractivity contribution in [1.29, 1.82) is 0 Å². The van der Waals surface area contributed by atoms with Gasteiger partial charge in [0.15, 0.2) is 0 Å². The van der Waals surface area contributed by atoms with E-state index in [2.05, 4.69) is 15.0 Å². The molecule has 0 radical (unpaired) electrons. The molecule has 0 unspecified atom stereocenters. The minimum atomic E-state index is -2.88. The maximum Gasteiger partial charge on any atom is 0.387 e. The van der Waals surface area contributed by atoms with Gasteiger partial charge in [0, 0.05) is 11.1 Å². The molecule has 0 atom stereocenters. The van der Waals surface area contributed by atoms with Crippen molar-refractivity contribution in [3.8, 4) is 5.75 Å². The minimum absolute atomic E-state index is 0.0343. The Morgan fingerprint density at radius 1 is 1.08 bits per heavy atom. The molecule has 3 rings (SSSR count). The summed E-state index contributed by atoms with van der Waals surface area (Å²) in [6.07, 6.45) is 0. The zero-order chi connectivity index (χ0) is 18.0. The van der Waals surface area contributed by atoms with Gasteiger partial charge in [0.1, 0.15) is 5.75 Å². The number of carbonyl (C=O) groups is 1. The molecule has 2 aromatic carbocycles. The number of nitrogens with one attached hydrogen (secondary N) is 1. The molecule has 0 saturated heterocycles. The molecule has 1 amide bonds. The minimum Gasteiger partial charge on any atom is -0.435 e. The van der Waals surface area contributed by atoms with Crippen molar-refractivity contribution in [2.24, 2.45) is 0 Å². The fraction of sp³-hybridized carbons (Fsp3) is 0.158. The van der Waals surface area contributed by atoms with E-state index in [1.807, 2.05) is 25.1 Å². The highest BCUT2D eigenvalue weighted by Gasteiger charge is 2.12. The van der Waals surface area contributed by atoms with E-state index in [0.717, 1.165) is 16.5 Å². The highest BCUT2D eigenvalue weighted by molar-refractivity contribution is 6.06. The summed E-state index contributed by atoms with van der Waals surface area (Å²) >= 11 is 0. The Kier molecular flexibility index (Phi) is 4.61. The van der Waals surface area contributed by atoms with Crippen LogP contribution in [0, 0.1) is 13.8 Å². The van der Waals surface area contributed by atoms with Gasteiger partial charge in [-0.25, -0.2) is 0 Å². The van der Waals surface area contributed by atoms with Crippen molar-refractivity contribution in [2.45, 2.75) is 20.5 Å². The molecule has 6 heteroatoms. The Balaban J connectivity index is 1.83. The molecule has 1 N–H and O–H groups in total. The first kappa shape index (κ1) is 16.8. The lowest BCUT2D eigenvalue weighted by molar-refractivity contribution is -0.0498. The fourth-order valence-electron chi connectivity index (χ4n) is 2.54. The summed E-state index contributed by atoms with van der Waals surface area (Å²) in [6, 6.07) is 13.4. The van der Waals surface area contributed by atoms with Crippen LogP contribution in [0.25, 0.3) is 10.9 Å². The second kappa shape index (κ2) is 6.84. The van der Waals surface area contributed by atoms with Crippen LogP contribution in [0.5, 0.6) is 5.75 Å². The lowest BCUT2D eigenvalue weighted by Gasteiger charge is -2.10. The largest absolute Gasteiger partial charge is 0.435 e. The van der Waals surface area contributed by atoms with E-state index in [-0.39, 0.29) is 11.7 Å². The Hall–Kier alpha value is -3.02. The van der Waals surface area contributed by atoms with Gasteiger partial charge in [-0.1, -0.05) is 11.6 Å². The molecular weight excluding hydrogens is 326 g/mol. The van der Waals surface area contributed by atoms with E-state index in [4.69, 9.17) is 0 Å². The maximum absolute atomic E-state index is 12.5. The number of pyridine rings is 1. The summed E-state index contributed by atoms with van der Waals surface area (Å²) in [5.41, 5.74) is 3.47. The molecule has 1 heterocycles. The van der Waals surface area contributed by atoms with Gasteiger partial charge in [0.2, 0.25) is 0 Å². The highest BCUT2D eigenvalue weighted by atomic mass is 19.3. The molecule has 0 spiro atoms. The molecule has 25 heavy (non-hydrogen) atoms. The summed E-state index contributed by atoms with van der Waals surface area (Å²) < 4.78 is 28.6. The Morgan fingerprint density at radius 3 is 2.48 bits per heavy atom. The number of aryl methyl sites for hydroxylation is 2. The SMILES string of the molecule is Cc1ccc2nc(C)c(C(=O)Nc3ccc(OC(F)F)cc3)cc2c1. The average Bonchev–Trinajstić information content (AvgIpc) is 2.56. The zero-order valence-electron chi connectivity index (χ0n) is 13.7. The van der Waals surface area contributed by atoms with E-state index in [9.17, 15) is 13.6 Å². The van der Waals surface area contributed by atoms with Crippen LogP contribution in [0.3, 0.4) is 0 Å². The molecule has 0 fully saturated rings. The van der Waals surface area contributed by atoms with Crippen LogP contribution in [-0.4, -0.2) is 17.5 Å². The number of fused-ring (bicyclic) bond motifs is 1. The summed E-state index contributed by atoms with van der Waals surface area (Å²) in [5, 5.41) is 3.62. The Bertz CT molecular complexity index is 925. The van der Waals surface area contributed by atoms with Crippen LogP contribution < -0.4 is 10.1 Å². The standard InChI is InChI=1S/C19H16F2N2O2/c1-11-3-8-17-13(9-11)10-16(12(2)22-17)18(24)23-14-4-6-15(7-5-14)25-19(20)21/h3-10,19H,1-2H3,(H,23,24). The first-order chi connectivity index (χ1) is 11.9. The number of ether oxygens (including phenoxy) is 1. The monoisotopic (exact) mass is 342 g/mol. The molecule has 4 nitrogen and oxygen atoms in total. The normalized spacial score (nSPS) is 10.9. The topological polar surface area (TPSA) is 51.2 Å². The van der Waals surface area contributed by atoms with Crippen LogP contribution in [0.2, 0.25) is 0 Å². The molecule has 1 aromatic heterocycles. The predicted molar refractivity (Wildman–Crippen MR) is 92.2 cm³/mol. The summed E-state index contributed by atoms with van der Waals surface area (Å²) in [7, 11) is 0. The van der Waals surface area contributed by atoms with E-state index in [1.54, 1.807) is 13.0 Å². The van der Waals surface area contributed by atoms with Gasteiger partial charge < -0.3 is 10.1 Å². The number of benzene rings is 2. The number of rotatable bonds is 4. The third kappa shape index (κ3) is 3.91. The van der Waals surface area contributed by atoms with Crippen molar-refractivity contribution < 1.29 is 18.3 Å². The van der Waals surface area contributed by atoms with Crippen LogP contribution in [0.4, 0.5) is 14.5 Å². The van der Waals surface area contributed by atoms with Gasteiger partial charge in [0.25, 0.3) is 5.91 Å². The van der Waals surface area contributed by atoms with Gasteiger partial charge >= 0.3 is 6.61 Å². The molecule has 0 aliphatic heterocycles. The molecule has 0 bridgehead atoms. The number of halogens is 2. The van der Waals surface area contributed by atoms with Crippen molar-refractivity contribution >= 4 is 22.5 Å². The second-order valence-corrected chi connectivity index (χ2v) is 5.67. The number of hydrogen-bond donors (Lipinski definition) is 1. The fourth-order valence-corrected chi connectivity index (χ4v) is 2.54. The van der Waals surface area contributed by atoms with Crippen molar-refractivity contribution in [2.75, 3.05) is 5.32 Å². The lowest BCUT2D eigenvalue weighted by Crippen LogP contribution is -2.14.